The summed E-state index contributed by atoms with van der Waals surface area (Å²) >= 11 is 0. The summed E-state index contributed by atoms with van der Waals surface area (Å²) in [6, 6.07) is 45.2. The van der Waals surface area contributed by atoms with E-state index in [1.807, 2.05) is 0 Å². The van der Waals surface area contributed by atoms with Crippen LogP contribution in [0, 0.1) is 0 Å². The van der Waals surface area contributed by atoms with Crippen molar-refractivity contribution in [3.63, 3.8) is 0 Å². The summed E-state index contributed by atoms with van der Waals surface area (Å²) in [6.45, 7) is 15.0. The van der Waals surface area contributed by atoms with E-state index in [-0.39, 0.29) is 10.8 Å². The molecule has 0 aromatic heterocycles. The summed E-state index contributed by atoms with van der Waals surface area (Å²) in [6.07, 6.45) is 4.71. The van der Waals surface area contributed by atoms with Gasteiger partial charge in [-0.3, -0.25) is 0 Å². The van der Waals surface area contributed by atoms with Crippen LogP contribution in [-0.2, 0) is 21.2 Å². The van der Waals surface area contributed by atoms with Crippen molar-refractivity contribution >= 4 is 44.1 Å². The minimum Gasteiger partial charge on any atom is -0.473 e. The third-order valence-electron chi connectivity index (χ3n) is 12.3. The van der Waals surface area contributed by atoms with E-state index in [2.05, 4.69) is 173 Å². The lowest BCUT2D eigenvalue weighted by atomic mass is 9.76. The molecule has 2 aliphatic heterocycles. The van der Waals surface area contributed by atoms with Gasteiger partial charge in [0.25, 0.3) is 0 Å². The molecule has 10 rings (SSSR count). The SMILES string of the molecule is CC(C)(C)c1cc2c3ccccc3c3ccccc3c2c2c1OC(c1ccc(N3CCOCC3)cc1)(c1ccc3c(c1)C(C)(C)c1ccccc1-3)C=C2. The molecular weight excluding hydrogens is 647 g/mol. The Morgan fingerprint density at radius 1 is 0.604 bits per heavy atom. The largest absolute Gasteiger partial charge is 0.473 e. The van der Waals surface area contributed by atoms with Gasteiger partial charge >= 0.3 is 0 Å². The van der Waals surface area contributed by atoms with Crippen molar-refractivity contribution in [2.24, 2.45) is 0 Å². The van der Waals surface area contributed by atoms with Crippen LogP contribution in [0.5, 0.6) is 5.75 Å². The van der Waals surface area contributed by atoms with Crippen molar-refractivity contribution in [1.29, 1.82) is 0 Å². The van der Waals surface area contributed by atoms with Crippen molar-refractivity contribution in [3.05, 3.63) is 161 Å². The smallest absolute Gasteiger partial charge is 0.178 e. The van der Waals surface area contributed by atoms with Gasteiger partial charge in [-0.25, -0.2) is 0 Å². The maximum Gasteiger partial charge on any atom is 0.178 e. The number of hydrogen-bond acceptors (Lipinski definition) is 3. The average Bonchev–Trinajstić information content (AvgIpc) is 3.42. The molecule has 7 aromatic rings. The van der Waals surface area contributed by atoms with Gasteiger partial charge in [-0.2, -0.15) is 0 Å². The highest BCUT2D eigenvalue weighted by Gasteiger charge is 2.43. The molecule has 3 heteroatoms. The van der Waals surface area contributed by atoms with Crippen molar-refractivity contribution in [2.45, 2.75) is 51.0 Å². The lowest BCUT2D eigenvalue weighted by Crippen LogP contribution is -2.37. The average molecular weight is 692 g/mol. The molecule has 3 aliphatic rings. The van der Waals surface area contributed by atoms with Gasteiger partial charge in [0.05, 0.1) is 13.2 Å². The zero-order valence-corrected chi connectivity index (χ0v) is 31.3. The maximum absolute atomic E-state index is 7.79. The lowest BCUT2D eigenvalue weighted by molar-refractivity contribution is 0.122. The third-order valence-corrected chi connectivity index (χ3v) is 12.3. The Bertz CT molecular complexity index is 2640. The summed E-state index contributed by atoms with van der Waals surface area (Å²) in [5, 5.41) is 7.61. The maximum atomic E-state index is 7.79. The third kappa shape index (κ3) is 4.76. The van der Waals surface area contributed by atoms with Gasteiger partial charge in [-0.15, -0.1) is 0 Å². The molecule has 0 saturated carbocycles. The molecule has 1 atom stereocenters. The standard InChI is InChI=1S/C50H45NO2/c1-48(2,3)45-31-42-37-14-7-6-12-35(37)36-13-8-9-16-40(36)46(42)41-24-25-50(53-47(41)45,32-18-21-34(22-19-32)51-26-28-52-29-27-51)33-20-23-39-38-15-10-11-17-43(38)49(4,5)44(39)30-33/h6-25,30-31H,26-29H2,1-5H3. The van der Waals surface area contributed by atoms with E-state index in [0.717, 1.165) is 48.7 Å². The van der Waals surface area contributed by atoms with Crippen LogP contribution in [0.1, 0.15) is 68.0 Å². The number of hydrogen-bond donors (Lipinski definition) is 0. The topological polar surface area (TPSA) is 21.7 Å². The normalized spacial score (nSPS) is 18.9. The predicted molar refractivity (Wildman–Crippen MR) is 222 cm³/mol. The molecule has 3 nitrogen and oxygen atoms in total. The fourth-order valence-electron chi connectivity index (χ4n) is 9.45. The second-order valence-corrected chi connectivity index (χ2v) is 16.7. The van der Waals surface area contributed by atoms with Gasteiger partial charge in [-0.05, 0) is 91.0 Å². The van der Waals surface area contributed by atoms with E-state index in [1.54, 1.807) is 0 Å². The zero-order chi connectivity index (χ0) is 36.1. The molecule has 2 heterocycles. The molecule has 1 fully saturated rings. The van der Waals surface area contributed by atoms with Gasteiger partial charge < -0.3 is 14.4 Å². The van der Waals surface area contributed by atoms with Gasteiger partial charge in [0.15, 0.2) is 5.60 Å². The first kappa shape index (κ1) is 32.3. The second kappa shape index (κ2) is 11.6. The fraction of sp³-hybridized carbons (Fsp3) is 0.240. The summed E-state index contributed by atoms with van der Waals surface area (Å²) in [5.41, 5.74) is 10.1. The van der Waals surface area contributed by atoms with Crippen LogP contribution in [0.25, 0.3) is 49.5 Å². The number of rotatable bonds is 3. The minimum absolute atomic E-state index is 0.133. The zero-order valence-electron chi connectivity index (χ0n) is 31.3. The summed E-state index contributed by atoms with van der Waals surface area (Å²) in [4.78, 5) is 2.42. The van der Waals surface area contributed by atoms with E-state index in [0.29, 0.717) is 0 Å². The van der Waals surface area contributed by atoms with Gasteiger partial charge in [0.1, 0.15) is 5.75 Å². The van der Waals surface area contributed by atoms with Gasteiger partial charge in [-0.1, -0.05) is 132 Å². The predicted octanol–water partition coefficient (Wildman–Crippen LogP) is 11.9. The van der Waals surface area contributed by atoms with Gasteiger partial charge in [0, 0.05) is 51.8 Å². The summed E-state index contributed by atoms with van der Waals surface area (Å²) < 4.78 is 13.5. The first-order chi connectivity index (χ1) is 25.6. The Hall–Kier alpha value is -5.38. The van der Waals surface area contributed by atoms with Crippen LogP contribution < -0.4 is 9.64 Å². The van der Waals surface area contributed by atoms with Crippen LogP contribution in [0.4, 0.5) is 5.69 Å². The van der Waals surface area contributed by atoms with Gasteiger partial charge in [0.2, 0.25) is 0 Å². The number of fused-ring (bicyclic) bond motifs is 11. The Kier molecular flexibility index (Phi) is 7.04. The summed E-state index contributed by atoms with van der Waals surface area (Å²) in [5.74, 6) is 0.966. The molecule has 1 saturated heterocycles. The Morgan fingerprint density at radius 2 is 1.21 bits per heavy atom. The molecule has 53 heavy (non-hydrogen) atoms. The highest BCUT2D eigenvalue weighted by molar-refractivity contribution is 6.27. The second-order valence-electron chi connectivity index (χ2n) is 16.7. The molecule has 0 amide bonds. The van der Waals surface area contributed by atoms with Crippen molar-refractivity contribution in [2.75, 3.05) is 31.2 Å². The molecule has 0 N–H and O–H groups in total. The molecule has 1 aliphatic carbocycles. The van der Waals surface area contributed by atoms with Crippen molar-refractivity contribution in [1.82, 2.24) is 0 Å². The van der Waals surface area contributed by atoms with Crippen molar-refractivity contribution < 1.29 is 9.47 Å². The van der Waals surface area contributed by atoms with Crippen LogP contribution in [0.15, 0.2) is 127 Å². The highest BCUT2D eigenvalue weighted by Crippen LogP contribution is 2.54. The molecular formula is C50H45NO2. The Labute approximate surface area is 312 Å². The van der Waals surface area contributed by atoms with Crippen LogP contribution in [0.2, 0.25) is 0 Å². The van der Waals surface area contributed by atoms with E-state index >= 15 is 0 Å². The lowest BCUT2D eigenvalue weighted by Gasteiger charge is -2.40. The van der Waals surface area contributed by atoms with Crippen LogP contribution >= 0.6 is 0 Å². The van der Waals surface area contributed by atoms with Crippen LogP contribution in [0.3, 0.4) is 0 Å². The number of ether oxygens (including phenoxy) is 2. The quantitative estimate of drug-likeness (QED) is 0.172. The molecule has 1 unspecified atom stereocenters. The monoisotopic (exact) mass is 691 g/mol. The van der Waals surface area contributed by atoms with E-state index in [1.165, 1.54) is 65.8 Å². The van der Waals surface area contributed by atoms with Crippen molar-refractivity contribution in [3.8, 4) is 16.9 Å². The Balaban J connectivity index is 1.24. The number of benzene rings is 7. The number of morpholine rings is 1. The Morgan fingerprint density at radius 3 is 1.92 bits per heavy atom. The molecule has 0 spiro atoms. The van der Waals surface area contributed by atoms with E-state index in [9.17, 15) is 0 Å². The van der Waals surface area contributed by atoms with Crippen LogP contribution in [-0.4, -0.2) is 26.3 Å². The molecule has 7 aromatic carbocycles. The number of nitrogens with zero attached hydrogens (tertiary/aromatic N) is 1. The fourth-order valence-corrected chi connectivity index (χ4v) is 9.45. The minimum atomic E-state index is -0.850. The first-order valence-corrected chi connectivity index (χ1v) is 19.1. The van der Waals surface area contributed by atoms with E-state index < -0.39 is 5.60 Å². The number of anilines is 1. The highest BCUT2D eigenvalue weighted by atomic mass is 16.5. The van der Waals surface area contributed by atoms with E-state index in [4.69, 9.17) is 9.47 Å². The first-order valence-electron chi connectivity index (χ1n) is 19.1. The molecule has 0 radical (unpaired) electrons. The molecule has 262 valence electrons. The summed E-state index contributed by atoms with van der Waals surface area (Å²) in [7, 11) is 0. The molecule has 0 bridgehead atoms.